The fourth-order valence-corrected chi connectivity index (χ4v) is 1.67. The molecule has 7 heteroatoms. The number of aromatic amines is 1. The maximum Gasteiger partial charge on any atom is 0.246 e. The van der Waals surface area contributed by atoms with Crippen molar-refractivity contribution in [2.75, 3.05) is 0 Å². The largest absolute Gasteiger partial charge is 0.337 e. The van der Waals surface area contributed by atoms with Gasteiger partial charge in [0.25, 0.3) is 0 Å². The van der Waals surface area contributed by atoms with Gasteiger partial charge in [-0.25, -0.2) is 0 Å². The lowest BCUT2D eigenvalue weighted by molar-refractivity contribution is 0.365. The Labute approximate surface area is 97.7 Å². The van der Waals surface area contributed by atoms with Gasteiger partial charge >= 0.3 is 0 Å². The van der Waals surface area contributed by atoms with Crippen LogP contribution < -0.4 is 0 Å². The maximum atomic E-state index is 5.15. The number of nitrogens with one attached hydrogen (secondary N) is 1. The molecule has 0 aliphatic rings. The summed E-state index contributed by atoms with van der Waals surface area (Å²) in [4.78, 5) is 4.14. The molecular formula is C9H13N5OS. The lowest BCUT2D eigenvalue weighted by Crippen LogP contribution is -2.07. The number of aromatic nitrogens is 5. The van der Waals surface area contributed by atoms with Crippen molar-refractivity contribution in [3.8, 4) is 0 Å². The highest BCUT2D eigenvalue weighted by Gasteiger charge is 2.12. The van der Waals surface area contributed by atoms with Crippen molar-refractivity contribution < 1.29 is 4.52 Å². The van der Waals surface area contributed by atoms with E-state index in [2.05, 4.69) is 34.2 Å². The second-order valence-corrected chi connectivity index (χ2v) is 4.25. The maximum absolute atomic E-state index is 5.15. The highest BCUT2D eigenvalue weighted by atomic mass is 32.1. The third-order valence-electron chi connectivity index (χ3n) is 2.17. The van der Waals surface area contributed by atoms with Crippen molar-refractivity contribution in [3.63, 3.8) is 0 Å². The first-order chi connectivity index (χ1) is 7.58. The van der Waals surface area contributed by atoms with Gasteiger partial charge in [-0.2, -0.15) is 10.1 Å². The molecule has 0 unspecified atom stereocenters. The van der Waals surface area contributed by atoms with Crippen LogP contribution in [0.2, 0.25) is 0 Å². The normalized spacial score (nSPS) is 11.2. The van der Waals surface area contributed by atoms with E-state index in [1.807, 2.05) is 4.57 Å². The second kappa shape index (κ2) is 4.17. The highest BCUT2D eigenvalue weighted by Crippen LogP contribution is 2.13. The summed E-state index contributed by atoms with van der Waals surface area (Å²) in [5.41, 5.74) is 0. The van der Waals surface area contributed by atoms with Crippen molar-refractivity contribution in [2.24, 2.45) is 0 Å². The van der Waals surface area contributed by atoms with Gasteiger partial charge in [-0.1, -0.05) is 19.0 Å². The van der Waals surface area contributed by atoms with E-state index in [-0.39, 0.29) is 5.92 Å². The zero-order valence-electron chi connectivity index (χ0n) is 9.39. The Bertz CT molecular complexity index is 538. The van der Waals surface area contributed by atoms with Crippen molar-refractivity contribution in [1.29, 1.82) is 0 Å². The molecule has 16 heavy (non-hydrogen) atoms. The van der Waals surface area contributed by atoms with E-state index in [1.165, 1.54) is 0 Å². The van der Waals surface area contributed by atoms with Crippen molar-refractivity contribution in [2.45, 2.75) is 33.2 Å². The molecule has 86 valence electrons. The minimum atomic E-state index is 0.289. The summed E-state index contributed by atoms with van der Waals surface area (Å²) in [5.74, 6) is 2.34. The molecular weight excluding hydrogens is 226 g/mol. The summed E-state index contributed by atoms with van der Waals surface area (Å²) in [6.45, 7) is 6.36. The Hall–Kier alpha value is -1.50. The zero-order valence-corrected chi connectivity index (χ0v) is 10.2. The quantitative estimate of drug-likeness (QED) is 0.827. The molecule has 0 aromatic carbocycles. The predicted octanol–water partition coefficient (Wildman–Crippen LogP) is 1.80. The van der Waals surface area contributed by atoms with Crippen molar-refractivity contribution >= 4 is 12.2 Å². The third kappa shape index (κ3) is 2.04. The van der Waals surface area contributed by atoms with Crippen molar-refractivity contribution in [3.05, 3.63) is 22.3 Å². The number of rotatable bonds is 3. The number of aryl methyl sites for hydroxylation is 1. The fraction of sp³-hybridized carbons (Fsp3) is 0.556. The van der Waals surface area contributed by atoms with Crippen LogP contribution in [-0.2, 0) is 6.54 Å². The van der Waals surface area contributed by atoms with E-state index in [0.717, 1.165) is 5.82 Å². The standard InChI is InChI=1S/C9H13N5OS/c1-5(2)8-11-12-9(16)14(8)4-7-10-6(3)13-15-7/h5H,4H2,1-3H3,(H,12,16). The molecule has 0 amide bonds. The first-order valence-electron chi connectivity index (χ1n) is 5.02. The average Bonchev–Trinajstić information content (AvgIpc) is 2.76. The summed E-state index contributed by atoms with van der Waals surface area (Å²) in [5, 5.41) is 10.7. The van der Waals surface area contributed by atoms with Gasteiger partial charge < -0.3 is 4.52 Å². The SMILES string of the molecule is Cc1noc(Cn2c(C(C)C)n[nH]c2=S)n1. The summed E-state index contributed by atoms with van der Waals surface area (Å²) < 4.78 is 7.49. The molecule has 6 nitrogen and oxygen atoms in total. The Morgan fingerprint density at radius 2 is 2.25 bits per heavy atom. The van der Waals surface area contributed by atoms with E-state index in [0.29, 0.717) is 23.0 Å². The minimum absolute atomic E-state index is 0.289. The lowest BCUT2D eigenvalue weighted by Gasteiger charge is -2.05. The summed E-state index contributed by atoms with van der Waals surface area (Å²) >= 11 is 5.15. The molecule has 0 spiro atoms. The van der Waals surface area contributed by atoms with Crippen LogP contribution in [0.4, 0.5) is 0 Å². The van der Waals surface area contributed by atoms with Gasteiger partial charge in [-0.15, -0.1) is 0 Å². The van der Waals surface area contributed by atoms with Crippen LogP contribution in [0.3, 0.4) is 0 Å². The fourth-order valence-electron chi connectivity index (χ4n) is 1.46. The average molecular weight is 239 g/mol. The Morgan fingerprint density at radius 1 is 1.50 bits per heavy atom. The smallest absolute Gasteiger partial charge is 0.246 e. The molecule has 0 bridgehead atoms. The Kier molecular flexibility index (Phi) is 2.86. The van der Waals surface area contributed by atoms with E-state index >= 15 is 0 Å². The third-order valence-corrected chi connectivity index (χ3v) is 2.48. The number of nitrogens with zero attached hydrogens (tertiary/aromatic N) is 4. The molecule has 0 saturated carbocycles. The van der Waals surface area contributed by atoms with Gasteiger partial charge in [0.1, 0.15) is 12.4 Å². The van der Waals surface area contributed by atoms with Gasteiger partial charge in [0.05, 0.1) is 0 Å². The first-order valence-corrected chi connectivity index (χ1v) is 5.43. The van der Waals surface area contributed by atoms with Gasteiger partial charge in [-0.3, -0.25) is 9.67 Å². The van der Waals surface area contributed by atoms with Crippen LogP contribution >= 0.6 is 12.2 Å². The Balaban J connectivity index is 2.33. The summed E-state index contributed by atoms with van der Waals surface area (Å²) in [6.07, 6.45) is 0. The molecule has 1 N–H and O–H groups in total. The summed E-state index contributed by atoms with van der Waals surface area (Å²) in [6, 6.07) is 0. The molecule has 0 aliphatic carbocycles. The predicted molar refractivity (Wildman–Crippen MR) is 59.6 cm³/mol. The molecule has 0 radical (unpaired) electrons. The van der Waals surface area contributed by atoms with Gasteiger partial charge in [0, 0.05) is 5.92 Å². The van der Waals surface area contributed by atoms with Crippen LogP contribution in [0.25, 0.3) is 0 Å². The Morgan fingerprint density at radius 3 is 2.81 bits per heavy atom. The van der Waals surface area contributed by atoms with Crippen LogP contribution in [0, 0.1) is 11.7 Å². The monoisotopic (exact) mass is 239 g/mol. The van der Waals surface area contributed by atoms with Gasteiger partial charge in [0.2, 0.25) is 5.89 Å². The molecule has 0 atom stereocenters. The first kappa shape index (κ1) is 11.0. The molecule has 0 fully saturated rings. The van der Waals surface area contributed by atoms with E-state index in [4.69, 9.17) is 16.7 Å². The van der Waals surface area contributed by atoms with Crippen LogP contribution in [-0.4, -0.2) is 24.9 Å². The molecule has 2 rings (SSSR count). The zero-order chi connectivity index (χ0) is 11.7. The number of H-pyrrole nitrogens is 1. The van der Waals surface area contributed by atoms with Crippen molar-refractivity contribution in [1.82, 2.24) is 24.9 Å². The molecule has 0 aliphatic heterocycles. The number of hydrogen-bond acceptors (Lipinski definition) is 5. The van der Waals surface area contributed by atoms with E-state index in [9.17, 15) is 0 Å². The topological polar surface area (TPSA) is 72.5 Å². The van der Waals surface area contributed by atoms with E-state index in [1.54, 1.807) is 6.92 Å². The molecule has 0 saturated heterocycles. The summed E-state index contributed by atoms with van der Waals surface area (Å²) in [7, 11) is 0. The highest BCUT2D eigenvalue weighted by molar-refractivity contribution is 7.71. The van der Waals surface area contributed by atoms with Crippen LogP contribution in [0.1, 0.15) is 37.3 Å². The van der Waals surface area contributed by atoms with Crippen LogP contribution in [0.5, 0.6) is 0 Å². The number of hydrogen-bond donors (Lipinski definition) is 1. The molecule has 2 aromatic rings. The molecule has 2 aromatic heterocycles. The van der Waals surface area contributed by atoms with Gasteiger partial charge in [0.15, 0.2) is 10.6 Å². The van der Waals surface area contributed by atoms with E-state index < -0.39 is 0 Å². The van der Waals surface area contributed by atoms with Crippen LogP contribution in [0.15, 0.2) is 4.52 Å². The second-order valence-electron chi connectivity index (χ2n) is 3.86. The minimum Gasteiger partial charge on any atom is -0.337 e. The molecule has 2 heterocycles. The van der Waals surface area contributed by atoms with Gasteiger partial charge in [-0.05, 0) is 19.1 Å². The lowest BCUT2D eigenvalue weighted by atomic mass is 10.2.